The molecule has 3 aliphatic heterocycles. The number of hydrogen-bond acceptors (Lipinski definition) is 7. The summed E-state index contributed by atoms with van der Waals surface area (Å²) in [4.78, 5) is 61.0. The third kappa shape index (κ3) is 7.33. The first kappa shape index (κ1) is 36.3. The van der Waals surface area contributed by atoms with Crippen molar-refractivity contribution in [2.45, 2.75) is 108 Å². The van der Waals surface area contributed by atoms with Crippen LogP contribution in [0.15, 0.2) is 55.6 Å². The zero-order chi connectivity index (χ0) is 34.3. The van der Waals surface area contributed by atoms with Crippen molar-refractivity contribution < 1.29 is 33.8 Å². The van der Waals surface area contributed by atoms with Crippen molar-refractivity contribution in [1.29, 1.82) is 0 Å². The van der Waals surface area contributed by atoms with Gasteiger partial charge in [0.15, 0.2) is 0 Å². The average molecular weight is 652 g/mol. The molecule has 0 saturated carbocycles. The largest absolute Gasteiger partial charge is 0.455 e. The topological polar surface area (TPSA) is 117 Å². The number of carbonyl (C=O) groups is 4. The Hall–Kier alpha value is -3.50. The van der Waals surface area contributed by atoms with E-state index in [4.69, 9.17) is 9.47 Å². The summed E-state index contributed by atoms with van der Waals surface area (Å²) in [5.74, 6) is -2.82. The molecular weight excluding hydrogens is 598 g/mol. The number of likely N-dealkylation sites (N-methyl/N-ethyl adjacent to an activating group) is 1. The van der Waals surface area contributed by atoms with E-state index in [-0.39, 0.29) is 30.4 Å². The molecule has 47 heavy (non-hydrogen) atoms. The summed E-state index contributed by atoms with van der Waals surface area (Å²) in [7, 11) is 1.70. The second-order valence-corrected chi connectivity index (χ2v) is 13.4. The first-order valence-corrected chi connectivity index (χ1v) is 17.2. The number of likely N-dealkylation sites (tertiary alicyclic amines) is 1. The summed E-state index contributed by atoms with van der Waals surface area (Å²) >= 11 is 0. The quantitative estimate of drug-likeness (QED) is 0.142. The highest BCUT2D eigenvalue weighted by atomic mass is 16.6. The zero-order valence-electron chi connectivity index (χ0n) is 28.5. The number of fused-ring (bicyclic) bond motifs is 1. The number of hydrogen-bond donors (Lipinski definition) is 1. The van der Waals surface area contributed by atoms with Gasteiger partial charge in [-0.3, -0.25) is 19.2 Å². The molecular formula is C37H53N3O7. The number of allylic oxidation sites excluding steroid dienone is 1. The van der Waals surface area contributed by atoms with Gasteiger partial charge >= 0.3 is 5.97 Å². The summed E-state index contributed by atoms with van der Waals surface area (Å²) in [6, 6.07) is 7.84. The van der Waals surface area contributed by atoms with Crippen LogP contribution in [0, 0.1) is 11.8 Å². The van der Waals surface area contributed by atoms with E-state index >= 15 is 0 Å². The molecule has 0 radical (unpaired) electrons. The molecule has 1 N–H and O–H groups in total. The van der Waals surface area contributed by atoms with Crippen LogP contribution in [0.25, 0.3) is 0 Å². The van der Waals surface area contributed by atoms with Gasteiger partial charge in [-0.2, -0.15) is 0 Å². The van der Waals surface area contributed by atoms with Crippen LogP contribution >= 0.6 is 0 Å². The molecule has 10 heteroatoms. The molecule has 258 valence electrons. The van der Waals surface area contributed by atoms with Crippen molar-refractivity contribution in [3.8, 4) is 0 Å². The highest BCUT2D eigenvalue weighted by Gasteiger charge is 2.75. The van der Waals surface area contributed by atoms with Crippen LogP contribution < -0.4 is 0 Å². The minimum absolute atomic E-state index is 0.0900. The fourth-order valence-corrected chi connectivity index (χ4v) is 7.66. The lowest BCUT2D eigenvalue weighted by Gasteiger charge is -2.38. The SMILES string of the molecule is C=CCCC(=O)N(C)[C@@H](C)[C@@H](OC(=O)[C@@H]1[C@@H]2CC[C@]3(O2)[C@H](C(=O)N(CC=C)C(C)C)N(CCCCCCO)C(=O)[C@@H]13)c1ccccc1. The molecule has 3 heterocycles. The zero-order valence-corrected chi connectivity index (χ0v) is 28.5. The maximum Gasteiger partial charge on any atom is 0.313 e. The summed E-state index contributed by atoms with van der Waals surface area (Å²) in [5.41, 5.74) is -0.393. The standard InChI is InChI=1S/C37H53N3O7/c1-7-9-19-29(42)38(6)26(5)32(27-17-13-12-14-18-27)46-36(45)30-28-20-21-37(47-28)31(30)34(43)40(23-15-10-11-16-24-41)33(37)35(44)39(22-8-2)25(3)4/h7-8,12-14,17-18,25-26,28,30-33,41H,1-2,9-11,15-16,19-24H2,3-6H3/t26-,28-,30+,31+,32+,33-,37+/m0/s1. The predicted molar refractivity (Wildman–Crippen MR) is 179 cm³/mol. The molecule has 7 atom stereocenters. The maximum absolute atomic E-state index is 14.4. The van der Waals surface area contributed by atoms with Crippen molar-refractivity contribution >= 4 is 23.7 Å². The molecule has 3 fully saturated rings. The van der Waals surface area contributed by atoms with E-state index in [0.717, 1.165) is 18.4 Å². The lowest BCUT2D eigenvalue weighted by molar-refractivity contribution is -0.164. The summed E-state index contributed by atoms with van der Waals surface area (Å²) in [5, 5.41) is 9.21. The number of aliphatic hydroxyl groups is 1. The van der Waals surface area contributed by atoms with Crippen LogP contribution in [-0.4, -0.2) is 100 Å². The molecule has 1 aromatic rings. The predicted octanol–water partition coefficient (Wildman–Crippen LogP) is 4.43. The van der Waals surface area contributed by atoms with Crippen LogP contribution in [0.4, 0.5) is 0 Å². The molecule has 0 unspecified atom stereocenters. The molecule has 3 aliphatic rings. The number of ether oxygens (including phenoxy) is 2. The second kappa shape index (κ2) is 16.1. The molecule has 0 aliphatic carbocycles. The Bertz CT molecular complexity index is 1290. The third-order valence-corrected chi connectivity index (χ3v) is 10.2. The molecule has 0 aromatic heterocycles. The van der Waals surface area contributed by atoms with Gasteiger partial charge in [0.2, 0.25) is 17.7 Å². The molecule has 3 saturated heterocycles. The molecule has 10 nitrogen and oxygen atoms in total. The van der Waals surface area contributed by atoms with Gasteiger partial charge in [0.25, 0.3) is 0 Å². The van der Waals surface area contributed by atoms with E-state index in [9.17, 15) is 24.3 Å². The molecule has 2 bridgehead atoms. The maximum atomic E-state index is 14.4. The summed E-state index contributed by atoms with van der Waals surface area (Å²) in [6.45, 7) is 14.1. The van der Waals surface area contributed by atoms with Crippen molar-refractivity contribution in [2.75, 3.05) is 26.7 Å². The van der Waals surface area contributed by atoms with Crippen LogP contribution in [0.5, 0.6) is 0 Å². The van der Waals surface area contributed by atoms with Gasteiger partial charge in [0.1, 0.15) is 17.7 Å². The first-order chi connectivity index (χ1) is 22.5. The van der Waals surface area contributed by atoms with E-state index in [1.165, 1.54) is 0 Å². The molecule has 1 spiro atoms. The smallest absolute Gasteiger partial charge is 0.313 e. The molecule has 4 rings (SSSR count). The van der Waals surface area contributed by atoms with Gasteiger partial charge in [-0.05, 0) is 58.4 Å². The molecule has 1 aromatic carbocycles. The number of nitrogens with zero attached hydrogens (tertiary/aromatic N) is 3. The summed E-state index contributed by atoms with van der Waals surface area (Å²) in [6.07, 6.45) is 6.87. The van der Waals surface area contributed by atoms with Crippen molar-refractivity contribution in [2.24, 2.45) is 11.8 Å². The number of carbonyl (C=O) groups excluding carboxylic acids is 4. The highest BCUT2D eigenvalue weighted by molar-refractivity contribution is 5.98. The van der Waals surface area contributed by atoms with E-state index in [1.807, 2.05) is 51.1 Å². The van der Waals surface area contributed by atoms with E-state index in [0.29, 0.717) is 51.6 Å². The Morgan fingerprint density at radius 3 is 2.45 bits per heavy atom. The normalized spacial score (nSPS) is 25.7. The lowest BCUT2D eigenvalue weighted by Crippen LogP contribution is -2.57. The Kier molecular flexibility index (Phi) is 12.4. The van der Waals surface area contributed by atoms with Crippen molar-refractivity contribution in [3.63, 3.8) is 0 Å². The highest BCUT2D eigenvalue weighted by Crippen LogP contribution is 2.59. The van der Waals surface area contributed by atoms with Gasteiger partial charge in [-0.1, -0.05) is 55.3 Å². The van der Waals surface area contributed by atoms with Gasteiger partial charge < -0.3 is 29.3 Å². The van der Waals surface area contributed by atoms with Crippen LogP contribution in [0.1, 0.15) is 83.8 Å². The van der Waals surface area contributed by atoms with Crippen molar-refractivity contribution in [3.05, 3.63) is 61.2 Å². The first-order valence-electron chi connectivity index (χ1n) is 17.2. The van der Waals surface area contributed by atoms with Gasteiger partial charge in [-0.25, -0.2) is 0 Å². The summed E-state index contributed by atoms with van der Waals surface area (Å²) < 4.78 is 12.9. The second-order valence-electron chi connectivity index (χ2n) is 13.4. The lowest BCUT2D eigenvalue weighted by atomic mass is 9.70. The molecule has 3 amide bonds. The third-order valence-electron chi connectivity index (χ3n) is 10.2. The Balaban J connectivity index is 1.65. The minimum Gasteiger partial charge on any atom is -0.455 e. The average Bonchev–Trinajstić information content (AvgIpc) is 3.71. The monoisotopic (exact) mass is 651 g/mol. The van der Waals surface area contributed by atoms with Gasteiger partial charge in [-0.15, -0.1) is 13.2 Å². The van der Waals surface area contributed by atoms with Gasteiger partial charge in [0, 0.05) is 39.2 Å². The van der Waals surface area contributed by atoms with Crippen LogP contribution in [0.3, 0.4) is 0 Å². The number of rotatable bonds is 18. The Morgan fingerprint density at radius 1 is 1.11 bits per heavy atom. The Labute approximate surface area is 279 Å². The fraction of sp³-hybridized carbons (Fsp3) is 0.622. The number of unbranched alkanes of at least 4 members (excludes halogenated alkanes) is 3. The van der Waals surface area contributed by atoms with Crippen molar-refractivity contribution in [1.82, 2.24) is 14.7 Å². The van der Waals surface area contributed by atoms with Crippen LogP contribution in [0.2, 0.25) is 0 Å². The number of amides is 3. The fourth-order valence-electron chi connectivity index (χ4n) is 7.66. The van der Waals surface area contributed by atoms with Crippen LogP contribution in [-0.2, 0) is 28.7 Å². The number of aliphatic hydroxyl groups excluding tert-OH is 1. The minimum atomic E-state index is -1.13. The van der Waals surface area contributed by atoms with Gasteiger partial charge in [0.05, 0.1) is 24.0 Å². The number of benzene rings is 1. The van der Waals surface area contributed by atoms with E-state index < -0.39 is 47.7 Å². The Morgan fingerprint density at radius 2 is 1.81 bits per heavy atom. The van der Waals surface area contributed by atoms with E-state index in [1.54, 1.807) is 33.9 Å². The van der Waals surface area contributed by atoms with E-state index in [2.05, 4.69) is 13.2 Å². The number of esters is 1.